The van der Waals surface area contributed by atoms with Gasteiger partial charge in [0, 0.05) is 0 Å². The topological polar surface area (TPSA) is 106 Å². The van der Waals surface area contributed by atoms with E-state index < -0.39 is 11.6 Å². The Labute approximate surface area is 122 Å². The Morgan fingerprint density at radius 1 is 1.24 bits per heavy atom. The predicted octanol–water partition coefficient (Wildman–Crippen LogP) is 2.29. The molecule has 0 aliphatic rings. The van der Waals surface area contributed by atoms with Gasteiger partial charge < -0.3 is 19.7 Å². The van der Waals surface area contributed by atoms with Crippen molar-refractivity contribution in [1.29, 1.82) is 0 Å². The van der Waals surface area contributed by atoms with Crippen molar-refractivity contribution in [3.63, 3.8) is 0 Å². The summed E-state index contributed by atoms with van der Waals surface area (Å²) in [5.74, 6) is 1.42. The molecule has 2 aromatic heterocycles. The zero-order valence-corrected chi connectivity index (χ0v) is 12.8. The first-order chi connectivity index (χ1) is 9.83. The van der Waals surface area contributed by atoms with Crippen LogP contribution < -0.4 is 10.6 Å². The van der Waals surface area contributed by atoms with E-state index in [1.54, 1.807) is 27.7 Å². The van der Waals surface area contributed by atoms with Gasteiger partial charge in [-0.15, -0.1) is 0 Å². The van der Waals surface area contributed by atoms with Crippen molar-refractivity contribution in [1.82, 2.24) is 20.6 Å². The first-order valence-corrected chi connectivity index (χ1v) is 6.68. The molecule has 0 spiro atoms. The third-order valence-electron chi connectivity index (χ3n) is 3.00. The van der Waals surface area contributed by atoms with Gasteiger partial charge in [0.2, 0.25) is 0 Å². The average molecular weight is 293 g/mol. The molecule has 2 rings (SSSR count). The second-order valence-corrected chi connectivity index (χ2v) is 5.26. The third-order valence-corrected chi connectivity index (χ3v) is 3.00. The number of urea groups is 1. The molecule has 114 valence electrons. The first-order valence-electron chi connectivity index (χ1n) is 6.68. The molecule has 0 saturated heterocycles. The maximum Gasteiger partial charge on any atom is 0.320 e. The Bertz CT molecular complexity index is 644. The van der Waals surface area contributed by atoms with Crippen LogP contribution in [-0.4, -0.2) is 21.3 Å². The highest BCUT2D eigenvalue weighted by atomic mass is 16.5. The van der Waals surface area contributed by atoms with Gasteiger partial charge in [-0.1, -0.05) is 17.2 Å². The van der Waals surface area contributed by atoms with Crippen LogP contribution >= 0.6 is 0 Å². The quantitative estimate of drug-likeness (QED) is 0.895. The number of hydrogen-bond acceptors (Lipinski definition) is 6. The Hall–Kier alpha value is -2.38. The number of carbonyl (C=O) groups excluding carboxylic acids is 1. The van der Waals surface area contributed by atoms with Crippen LogP contribution in [0.3, 0.4) is 0 Å². The minimum absolute atomic E-state index is 0.341. The maximum absolute atomic E-state index is 12.1. The zero-order chi connectivity index (χ0) is 15.6. The second kappa shape index (κ2) is 5.55. The van der Waals surface area contributed by atoms with Gasteiger partial charge in [-0.25, -0.2) is 4.79 Å². The molecule has 21 heavy (non-hydrogen) atoms. The van der Waals surface area contributed by atoms with E-state index in [-0.39, 0.29) is 0 Å². The van der Waals surface area contributed by atoms with Gasteiger partial charge in [-0.3, -0.25) is 0 Å². The predicted molar refractivity (Wildman–Crippen MR) is 74.8 cm³/mol. The Morgan fingerprint density at radius 3 is 2.52 bits per heavy atom. The summed E-state index contributed by atoms with van der Waals surface area (Å²) in [6.45, 7) is 8.96. The van der Waals surface area contributed by atoms with Crippen LogP contribution in [-0.2, 0) is 12.0 Å². The molecule has 0 unspecified atom stereocenters. The number of nitrogens with zero attached hydrogens (tertiary/aromatic N) is 3. The van der Waals surface area contributed by atoms with Crippen molar-refractivity contribution >= 4 is 11.7 Å². The fraction of sp³-hybridized carbons (Fsp3) is 0.538. The molecular weight excluding hydrogens is 274 g/mol. The van der Waals surface area contributed by atoms with Crippen molar-refractivity contribution in [2.75, 3.05) is 5.32 Å². The highest BCUT2D eigenvalue weighted by molar-refractivity contribution is 5.90. The van der Waals surface area contributed by atoms with E-state index >= 15 is 0 Å². The minimum Gasteiger partial charge on any atom is -0.359 e. The number of nitrogens with one attached hydrogen (secondary N) is 2. The van der Waals surface area contributed by atoms with Crippen LogP contribution in [0.1, 0.15) is 43.9 Å². The molecule has 2 aromatic rings. The molecule has 0 aromatic carbocycles. The third kappa shape index (κ3) is 3.21. The number of amides is 2. The molecule has 8 nitrogen and oxygen atoms in total. The monoisotopic (exact) mass is 293 g/mol. The van der Waals surface area contributed by atoms with E-state index in [9.17, 15) is 4.79 Å². The summed E-state index contributed by atoms with van der Waals surface area (Å²) in [4.78, 5) is 16.3. The van der Waals surface area contributed by atoms with Crippen LogP contribution in [0.15, 0.2) is 9.05 Å². The van der Waals surface area contributed by atoms with E-state index in [1.165, 1.54) is 0 Å². The number of hydrogen-bond donors (Lipinski definition) is 2. The maximum atomic E-state index is 12.1. The second-order valence-electron chi connectivity index (χ2n) is 5.26. The molecule has 0 saturated carbocycles. The molecular formula is C13H19N5O3. The van der Waals surface area contributed by atoms with Crippen LogP contribution in [0.4, 0.5) is 10.5 Å². The molecule has 0 bridgehead atoms. The van der Waals surface area contributed by atoms with Crippen LogP contribution in [0.5, 0.6) is 0 Å². The van der Waals surface area contributed by atoms with Gasteiger partial charge in [0.15, 0.2) is 11.6 Å². The lowest BCUT2D eigenvalue weighted by Crippen LogP contribution is -2.43. The van der Waals surface area contributed by atoms with Crippen molar-refractivity contribution < 1.29 is 13.8 Å². The van der Waals surface area contributed by atoms with Crippen molar-refractivity contribution in [2.24, 2.45) is 0 Å². The Morgan fingerprint density at radius 2 is 1.95 bits per heavy atom. The molecule has 2 heterocycles. The van der Waals surface area contributed by atoms with Crippen molar-refractivity contribution in [3.8, 4) is 0 Å². The summed E-state index contributed by atoms with van der Waals surface area (Å²) in [6, 6.07) is -0.392. The van der Waals surface area contributed by atoms with Gasteiger partial charge in [0.05, 0.1) is 0 Å². The lowest BCUT2D eigenvalue weighted by atomic mass is 10.1. The molecule has 0 radical (unpaired) electrons. The Balaban J connectivity index is 2.09. The fourth-order valence-electron chi connectivity index (χ4n) is 1.85. The van der Waals surface area contributed by atoms with Crippen LogP contribution in [0.2, 0.25) is 0 Å². The van der Waals surface area contributed by atoms with E-state index in [0.717, 1.165) is 0 Å². The highest BCUT2D eigenvalue weighted by Gasteiger charge is 2.29. The number of aryl methyl sites for hydroxylation is 3. The normalized spacial score (nSPS) is 11.5. The molecule has 2 amide bonds. The summed E-state index contributed by atoms with van der Waals surface area (Å²) < 4.78 is 10.2. The van der Waals surface area contributed by atoms with E-state index in [0.29, 0.717) is 35.3 Å². The smallest absolute Gasteiger partial charge is 0.320 e. The van der Waals surface area contributed by atoms with E-state index in [1.807, 2.05) is 6.92 Å². The Kier molecular flexibility index (Phi) is 3.97. The number of aromatic nitrogens is 3. The van der Waals surface area contributed by atoms with Gasteiger partial charge in [0.1, 0.15) is 16.9 Å². The lowest BCUT2D eigenvalue weighted by molar-refractivity contribution is 0.228. The number of anilines is 1. The minimum atomic E-state index is -0.789. The van der Waals surface area contributed by atoms with Gasteiger partial charge in [-0.2, -0.15) is 4.98 Å². The SMILES string of the molecule is CCc1noc(C)c1NC(=O)NC(C)(C)c1nc(C)no1. The summed E-state index contributed by atoms with van der Waals surface area (Å²) >= 11 is 0. The number of carbonyl (C=O) groups is 1. The molecule has 0 aliphatic carbocycles. The van der Waals surface area contributed by atoms with Crippen molar-refractivity contribution in [2.45, 2.75) is 46.6 Å². The summed E-state index contributed by atoms with van der Waals surface area (Å²) in [5.41, 5.74) is 0.504. The largest absolute Gasteiger partial charge is 0.359 e. The summed E-state index contributed by atoms with van der Waals surface area (Å²) in [6.07, 6.45) is 0.666. The fourth-order valence-corrected chi connectivity index (χ4v) is 1.85. The molecule has 0 aliphatic heterocycles. The average Bonchev–Trinajstić information content (AvgIpc) is 2.97. The standard InChI is InChI=1S/C13H19N5O3/c1-6-9-10(7(2)20-18-9)15-12(19)16-13(4,5)11-14-8(3)17-21-11/h6H2,1-5H3,(H2,15,16,19). The van der Waals surface area contributed by atoms with Crippen LogP contribution in [0, 0.1) is 13.8 Å². The molecule has 8 heteroatoms. The summed E-state index contributed by atoms with van der Waals surface area (Å²) in [7, 11) is 0. The molecule has 0 atom stereocenters. The molecule has 0 fully saturated rings. The van der Waals surface area contributed by atoms with Gasteiger partial charge >= 0.3 is 6.03 Å². The zero-order valence-electron chi connectivity index (χ0n) is 12.8. The molecule has 2 N–H and O–H groups in total. The summed E-state index contributed by atoms with van der Waals surface area (Å²) in [5, 5.41) is 13.1. The van der Waals surface area contributed by atoms with E-state index in [4.69, 9.17) is 9.05 Å². The number of rotatable bonds is 4. The van der Waals surface area contributed by atoms with Crippen molar-refractivity contribution in [3.05, 3.63) is 23.2 Å². The first kappa shape index (κ1) is 15.0. The van der Waals surface area contributed by atoms with Crippen LogP contribution in [0.25, 0.3) is 0 Å². The lowest BCUT2D eigenvalue weighted by Gasteiger charge is -2.21. The van der Waals surface area contributed by atoms with E-state index in [2.05, 4.69) is 25.9 Å². The van der Waals surface area contributed by atoms with Gasteiger partial charge in [0.25, 0.3) is 5.89 Å². The van der Waals surface area contributed by atoms with Gasteiger partial charge in [-0.05, 0) is 34.1 Å². The highest BCUT2D eigenvalue weighted by Crippen LogP contribution is 2.22.